The molecule has 86 valence electrons. The predicted molar refractivity (Wildman–Crippen MR) is 65.8 cm³/mol. The van der Waals surface area contributed by atoms with E-state index < -0.39 is 5.91 Å². The number of nitrogens with one attached hydrogen (secondary N) is 1. The fourth-order valence-electron chi connectivity index (χ4n) is 1.26. The highest BCUT2D eigenvalue weighted by molar-refractivity contribution is 6.33. The summed E-state index contributed by atoms with van der Waals surface area (Å²) in [5.74, 6) is -0.419. The van der Waals surface area contributed by atoms with E-state index in [1.54, 1.807) is 18.2 Å². The van der Waals surface area contributed by atoms with E-state index in [9.17, 15) is 4.79 Å². The molecular formula is C11H9ClN4O. The van der Waals surface area contributed by atoms with Crippen LogP contribution in [-0.4, -0.2) is 15.9 Å². The molecule has 0 unspecified atom stereocenters. The summed E-state index contributed by atoms with van der Waals surface area (Å²) in [5.41, 5.74) is 6.53. The summed E-state index contributed by atoms with van der Waals surface area (Å²) >= 11 is 5.89. The van der Waals surface area contributed by atoms with Crippen LogP contribution in [0.5, 0.6) is 0 Å². The molecule has 0 aliphatic heterocycles. The maximum Gasteiger partial charge on any atom is 0.276 e. The lowest BCUT2D eigenvalue weighted by Crippen LogP contribution is -2.16. The second-order valence-electron chi connectivity index (χ2n) is 3.25. The van der Waals surface area contributed by atoms with Gasteiger partial charge in [0, 0.05) is 12.4 Å². The van der Waals surface area contributed by atoms with Crippen molar-refractivity contribution in [1.82, 2.24) is 9.97 Å². The van der Waals surface area contributed by atoms with Crippen LogP contribution in [0.3, 0.4) is 0 Å². The highest BCUT2D eigenvalue weighted by Crippen LogP contribution is 2.20. The topological polar surface area (TPSA) is 80.9 Å². The summed E-state index contributed by atoms with van der Waals surface area (Å²) in [4.78, 5) is 19.6. The van der Waals surface area contributed by atoms with Gasteiger partial charge in [0.1, 0.15) is 0 Å². The average molecular weight is 249 g/mol. The molecule has 2 aromatic heterocycles. The molecule has 3 N–H and O–H groups in total. The van der Waals surface area contributed by atoms with Crippen LogP contribution in [0.4, 0.5) is 11.4 Å². The van der Waals surface area contributed by atoms with Crippen molar-refractivity contribution in [1.29, 1.82) is 0 Å². The second-order valence-corrected chi connectivity index (χ2v) is 3.66. The summed E-state index contributed by atoms with van der Waals surface area (Å²) in [6, 6.07) is 4.84. The molecule has 0 saturated heterocycles. The minimum Gasteiger partial charge on any atom is -0.397 e. The molecule has 0 fully saturated rings. The molecule has 0 radical (unpaired) electrons. The lowest BCUT2D eigenvalue weighted by Gasteiger charge is -2.07. The first-order chi connectivity index (χ1) is 8.18. The van der Waals surface area contributed by atoms with Crippen molar-refractivity contribution >= 4 is 28.9 Å². The van der Waals surface area contributed by atoms with E-state index in [4.69, 9.17) is 17.3 Å². The van der Waals surface area contributed by atoms with Gasteiger partial charge in [-0.25, -0.2) is 4.98 Å². The lowest BCUT2D eigenvalue weighted by atomic mass is 10.3. The Kier molecular flexibility index (Phi) is 3.20. The normalized spacial score (nSPS) is 9.94. The van der Waals surface area contributed by atoms with E-state index in [-0.39, 0.29) is 5.69 Å². The maximum atomic E-state index is 11.8. The summed E-state index contributed by atoms with van der Waals surface area (Å²) in [5, 5.41) is 3.00. The number of nitrogen functional groups attached to an aromatic ring is 1. The van der Waals surface area contributed by atoms with E-state index in [1.165, 1.54) is 18.6 Å². The fourth-order valence-corrected chi connectivity index (χ4v) is 1.41. The van der Waals surface area contributed by atoms with Gasteiger partial charge in [-0.2, -0.15) is 0 Å². The summed E-state index contributed by atoms with van der Waals surface area (Å²) in [7, 11) is 0. The number of aromatic nitrogens is 2. The highest BCUT2D eigenvalue weighted by atomic mass is 35.5. The number of hydrogen-bond acceptors (Lipinski definition) is 4. The molecule has 1 amide bonds. The minimum atomic E-state index is -0.419. The zero-order chi connectivity index (χ0) is 12.3. The van der Waals surface area contributed by atoms with E-state index in [0.29, 0.717) is 16.4 Å². The summed E-state index contributed by atoms with van der Waals surface area (Å²) in [6.07, 6.45) is 4.49. The molecule has 2 aromatic rings. The van der Waals surface area contributed by atoms with Crippen molar-refractivity contribution < 1.29 is 4.79 Å². The molecular weight excluding hydrogens is 240 g/mol. The van der Waals surface area contributed by atoms with Crippen molar-refractivity contribution in [3.63, 3.8) is 0 Å². The largest absolute Gasteiger partial charge is 0.397 e. The summed E-state index contributed by atoms with van der Waals surface area (Å²) in [6.45, 7) is 0. The van der Waals surface area contributed by atoms with Crippen LogP contribution in [0.15, 0.2) is 36.8 Å². The number of amides is 1. The molecule has 0 saturated carbocycles. The molecule has 2 heterocycles. The number of halogens is 1. The zero-order valence-electron chi connectivity index (χ0n) is 8.72. The van der Waals surface area contributed by atoms with Crippen LogP contribution in [0.25, 0.3) is 0 Å². The molecule has 0 spiro atoms. The number of nitrogens with two attached hydrogens (primary N) is 1. The molecule has 5 nitrogen and oxygen atoms in total. The zero-order valence-corrected chi connectivity index (χ0v) is 9.48. The Morgan fingerprint density at radius 2 is 2.18 bits per heavy atom. The van der Waals surface area contributed by atoms with E-state index in [0.717, 1.165) is 0 Å². The minimum absolute atomic E-state index is 0.160. The quantitative estimate of drug-likeness (QED) is 0.851. The first-order valence-electron chi connectivity index (χ1n) is 4.80. The van der Waals surface area contributed by atoms with Crippen molar-refractivity contribution in [2.45, 2.75) is 0 Å². The molecule has 17 heavy (non-hydrogen) atoms. The number of nitrogens with zero attached hydrogens (tertiary/aromatic N) is 2. The van der Waals surface area contributed by atoms with Crippen LogP contribution in [0.2, 0.25) is 5.02 Å². The van der Waals surface area contributed by atoms with Crippen molar-refractivity contribution in [3.8, 4) is 0 Å². The van der Waals surface area contributed by atoms with Gasteiger partial charge in [-0.15, -0.1) is 0 Å². The van der Waals surface area contributed by atoms with Crippen molar-refractivity contribution in [2.75, 3.05) is 11.1 Å². The number of pyridine rings is 2. The van der Waals surface area contributed by atoms with E-state index in [2.05, 4.69) is 15.3 Å². The van der Waals surface area contributed by atoms with Crippen LogP contribution in [0.1, 0.15) is 10.5 Å². The van der Waals surface area contributed by atoms with E-state index in [1.807, 2.05) is 0 Å². The Morgan fingerprint density at radius 3 is 2.88 bits per heavy atom. The standard InChI is InChI=1S/C11H9ClN4O/c12-7-3-5-14-6-9(7)16-11(17)10-8(13)2-1-4-15-10/h1-6H,13H2,(H,16,17). The first kappa shape index (κ1) is 11.3. The van der Waals surface area contributed by atoms with Crippen LogP contribution in [0, 0.1) is 0 Å². The SMILES string of the molecule is Nc1cccnc1C(=O)Nc1cnccc1Cl. The van der Waals surface area contributed by atoms with Gasteiger partial charge in [-0.1, -0.05) is 11.6 Å². The monoisotopic (exact) mass is 248 g/mol. The molecule has 0 aliphatic rings. The Morgan fingerprint density at radius 1 is 1.35 bits per heavy atom. The molecule has 0 atom stereocenters. The van der Waals surface area contributed by atoms with Gasteiger partial charge in [-0.05, 0) is 18.2 Å². The van der Waals surface area contributed by atoms with Gasteiger partial charge in [0.25, 0.3) is 5.91 Å². The van der Waals surface area contributed by atoms with Crippen molar-refractivity contribution in [3.05, 3.63) is 47.5 Å². The number of rotatable bonds is 2. The fraction of sp³-hybridized carbons (Fsp3) is 0. The average Bonchev–Trinajstić information content (AvgIpc) is 2.32. The number of carbonyl (C=O) groups excluding carboxylic acids is 1. The summed E-state index contributed by atoms with van der Waals surface area (Å²) < 4.78 is 0. The lowest BCUT2D eigenvalue weighted by molar-refractivity contribution is 0.102. The Hall–Kier alpha value is -2.14. The van der Waals surface area contributed by atoms with Gasteiger partial charge in [-0.3, -0.25) is 9.78 Å². The van der Waals surface area contributed by atoms with Crippen LogP contribution in [-0.2, 0) is 0 Å². The smallest absolute Gasteiger partial charge is 0.276 e. The molecule has 2 rings (SSSR count). The highest BCUT2D eigenvalue weighted by Gasteiger charge is 2.12. The number of carbonyl (C=O) groups is 1. The predicted octanol–water partition coefficient (Wildman–Crippen LogP) is 1.96. The van der Waals surface area contributed by atoms with Gasteiger partial charge < -0.3 is 11.1 Å². The maximum absolute atomic E-state index is 11.8. The Bertz CT molecular complexity index is 559. The third kappa shape index (κ3) is 2.51. The molecule has 0 aliphatic carbocycles. The Balaban J connectivity index is 2.24. The van der Waals surface area contributed by atoms with Gasteiger partial charge in [0.2, 0.25) is 0 Å². The van der Waals surface area contributed by atoms with E-state index >= 15 is 0 Å². The van der Waals surface area contributed by atoms with Crippen molar-refractivity contribution in [2.24, 2.45) is 0 Å². The van der Waals surface area contributed by atoms with Gasteiger partial charge >= 0.3 is 0 Å². The molecule has 0 aromatic carbocycles. The van der Waals surface area contributed by atoms with Gasteiger partial charge in [0.05, 0.1) is 22.6 Å². The first-order valence-corrected chi connectivity index (χ1v) is 5.17. The third-order valence-corrected chi connectivity index (χ3v) is 2.40. The van der Waals surface area contributed by atoms with Crippen LogP contribution >= 0.6 is 11.6 Å². The molecule has 0 bridgehead atoms. The Labute approximate surface area is 103 Å². The number of hydrogen-bond donors (Lipinski definition) is 2. The van der Waals surface area contributed by atoms with Crippen LogP contribution < -0.4 is 11.1 Å². The van der Waals surface area contributed by atoms with Gasteiger partial charge in [0.15, 0.2) is 5.69 Å². The second kappa shape index (κ2) is 4.80. The molecule has 6 heteroatoms. The third-order valence-electron chi connectivity index (χ3n) is 2.07. The number of anilines is 2.